The molecule has 2 saturated heterocycles. The van der Waals surface area contributed by atoms with Gasteiger partial charge in [-0.05, 0) is 57.2 Å². The fraction of sp³-hybridized carbons (Fsp3) is 0.737. The molecule has 0 spiro atoms. The number of carbonyl (C=O) groups excluding carboxylic acids is 1. The molecule has 0 radical (unpaired) electrons. The van der Waals surface area contributed by atoms with E-state index in [0.717, 1.165) is 70.6 Å². The Kier molecular flexibility index (Phi) is 4.88. The summed E-state index contributed by atoms with van der Waals surface area (Å²) in [6.07, 6.45) is 6.38. The summed E-state index contributed by atoms with van der Waals surface area (Å²) in [6.45, 7) is 5.65. The molecular formula is C19H28N4O2. The Bertz CT molecular complexity index is 674. The van der Waals surface area contributed by atoms with Gasteiger partial charge in [0.2, 0.25) is 5.91 Å². The Morgan fingerprint density at radius 2 is 1.80 bits per heavy atom. The van der Waals surface area contributed by atoms with Crippen LogP contribution in [0.1, 0.15) is 50.1 Å². The molecule has 4 rings (SSSR count). The van der Waals surface area contributed by atoms with Crippen LogP contribution < -0.4 is 5.56 Å². The van der Waals surface area contributed by atoms with E-state index in [9.17, 15) is 9.59 Å². The zero-order chi connectivity index (χ0) is 17.2. The maximum Gasteiger partial charge on any atom is 0.266 e. The number of aromatic nitrogens is 2. The predicted octanol–water partition coefficient (Wildman–Crippen LogP) is 1.46. The molecular weight excluding hydrogens is 316 g/mol. The first-order valence-corrected chi connectivity index (χ1v) is 9.77. The number of rotatable bonds is 6. The number of piperidine rings is 1. The van der Waals surface area contributed by atoms with Gasteiger partial charge in [0.1, 0.15) is 0 Å². The summed E-state index contributed by atoms with van der Waals surface area (Å²) in [5.41, 5.74) is 1.12. The molecule has 3 heterocycles. The Labute approximate surface area is 148 Å². The Balaban J connectivity index is 1.25. The van der Waals surface area contributed by atoms with Crippen LogP contribution in [0.2, 0.25) is 0 Å². The second-order valence-corrected chi connectivity index (χ2v) is 7.82. The minimum atomic E-state index is 0.0272. The molecule has 1 aromatic heterocycles. The average Bonchev–Trinajstić information content (AvgIpc) is 3.39. The molecule has 0 bridgehead atoms. The normalized spacial score (nSPS) is 22.7. The van der Waals surface area contributed by atoms with Crippen LogP contribution in [0.15, 0.2) is 16.9 Å². The molecule has 0 atom stereocenters. The first-order valence-electron chi connectivity index (χ1n) is 9.77. The zero-order valence-electron chi connectivity index (χ0n) is 14.9. The molecule has 1 aromatic rings. The van der Waals surface area contributed by atoms with Gasteiger partial charge in [-0.3, -0.25) is 9.59 Å². The van der Waals surface area contributed by atoms with Crippen LogP contribution in [0.25, 0.3) is 0 Å². The van der Waals surface area contributed by atoms with E-state index in [2.05, 4.69) is 10.00 Å². The first-order chi connectivity index (χ1) is 12.2. The largest absolute Gasteiger partial charge is 0.341 e. The fourth-order valence-electron chi connectivity index (χ4n) is 4.03. The topological polar surface area (TPSA) is 58.4 Å². The molecule has 6 heteroatoms. The summed E-state index contributed by atoms with van der Waals surface area (Å²) in [5.74, 6) is 1.43. The molecule has 25 heavy (non-hydrogen) atoms. The van der Waals surface area contributed by atoms with Crippen molar-refractivity contribution < 1.29 is 4.79 Å². The lowest BCUT2D eigenvalue weighted by atomic mass is 9.97. The molecule has 3 aliphatic rings. The Hall–Kier alpha value is -1.69. The summed E-state index contributed by atoms with van der Waals surface area (Å²) in [7, 11) is 0. The van der Waals surface area contributed by atoms with E-state index in [1.165, 1.54) is 12.8 Å². The van der Waals surface area contributed by atoms with Crippen LogP contribution in [0.3, 0.4) is 0 Å². The van der Waals surface area contributed by atoms with E-state index in [4.69, 9.17) is 0 Å². The maximum absolute atomic E-state index is 12.1. The van der Waals surface area contributed by atoms with E-state index < -0.39 is 0 Å². The average molecular weight is 344 g/mol. The van der Waals surface area contributed by atoms with Crippen LogP contribution in [0.5, 0.6) is 0 Å². The SMILES string of the molecule is O=C1CCCN1CCN1CCC(Cn2nc(C3CC3)ccc2=O)CC1. The second-order valence-electron chi connectivity index (χ2n) is 7.82. The lowest BCUT2D eigenvalue weighted by Gasteiger charge is -2.33. The summed E-state index contributed by atoms with van der Waals surface area (Å²) < 4.78 is 1.69. The second kappa shape index (κ2) is 7.28. The smallest absolute Gasteiger partial charge is 0.266 e. The molecule has 1 aliphatic carbocycles. The number of carbonyl (C=O) groups is 1. The zero-order valence-corrected chi connectivity index (χ0v) is 14.9. The molecule has 2 aliphatic heterocycles. The summed E-state index contributed by atoms with van der Waals surface area (Å²) in [5, 5.41) is 4.59. The van der Waals surface area contributed by atoms with Crippen molar-refractivity contribution in [3.8, 4) is 0 Å². The van der Waals surface area contributed by atoms with Crippen molar-refractivity contribution in [2.45, 2.75) is 51.0 Å². The predicted molar refractivity (Wildman–Crippen MR) is 95.5 cm³/mol. The molecule has 3 fully saturated rings. The van der Waals surface area contributed by atoms with E-state index >= 15 is 0 Å². The molecule has 6 nitrogen and oxygen atoms in total. The van der Waals surface area contributed by atoms with Crippen molar-refractivity contribution in [1.82, 2.24) is 19.6 Å². The third-order valence-corrected chi connectivity index (χ3v) is 5.88. The fourth-order valence-corrected chi connectivity index (χ4v) is 4.03. The van der Waals surface area contributed by atoms with Crippen LogP contribution in [0.4, 0.5) is 0 Å². The summed E-state index contributed by atoms with van der Waals surface area (Å²) in [4.78, 5) is 28.2. The van der Waals surface area contributed by atoms with Crippen molar-refractivity contribution in [1.29, 1.82) is 0 Å². The van der Waals surface area contributed by atoms with Gasteiger partial charge in [0.25, 0.3) is 5.56 Å². The Morgan fingerprint density at radius 1 is 1.00 bits per heavy atom. The van der Waals surface area contributed by atoms with Crippen LogP contribution in [-0.4, -0.2) is 58.2 Å². The third kappa shape index (κ3) is 4.11. The quantitative estimate of drug-likeness (QED) is 0.784. The van der Waals surface area contributed by atoms with Crippen LogP contribution in [0, 0.1) is 5.92 Å². The van der Waals surface area contributed by atoms with Gasteiger partial charge < -0.3 is 9.80 Å². The number of nitrogens with zero attached hydrogens (tertiary/aromatic N) is 4. The van der Waals surface area contributed by atoms with Gasteiger partial charge in [-0.25, -0.2) is 4.68 Å². The summed E-state index contributed by atoms with van der Waals surface area (Å²) in [6, 6.07) is 3.58. The molecule has 1 amide bonds. The number of amides is 1. The summed E-state index contributed by atoms with van der Waals surface area (Å²) >= 11 is 0. The Morgan fingerprint density at radius 3 is 2.48 bits per heavy atom. The number of likely N-dealkylation sites (tertiary alicyclic amines) is 2. The monoisotopic (exact) mass is 344 g/mol. The van der Waals surface area contributed by atoms with Gasteiger partial charge in [-0.1, -0.05) is 0 Å². The lowest BCUT2D eigenvalue weighted by molar-refractivity contribution is -0.127. The van der Waals surface area contributed by atoms with Gasteiger partial charge in [-0.15, -0.1) is 0 Å². The molecule has 1 saturated carbocycles. The lowest BCUT2D eigenvalue weighted by Crippen LogP contribution is -2.41. The van der Waals surface area contributed by atoms with Crippen molar-refractivity contribution in [3.63, 3.8) is 0 Å². The van der Waals surface area contributed by atoms with E-state index in [-0.39, 0.29) is 5.56 Å². The molecule has 0 aromatic carbocycles. The number of hydrogen-bond acceptors (Lipinski definition) is 4. The standard InChI is InChI=1S/C19H28N4O2/c24-18-2-1-9-22(18)13-12-21-10-7-15(8-11-21)14-23-19(25)6-5-17(20-23)16-3-4-16/h5-6,15-16H,1-4,7-14H2. The maximum atomic E-state index is 12.1. The van der Waals surface area contributed by atoms with Gasteiger partial charge in [0.15, 0.2) is 0 Å². The van der Waals surface area contributed by atoms with Crippen LogP contribution >= 0.6 is 0 Å². The first kappa shape index (κ1) is 16.8. The highest BCUT2D eigenvalue weighted by Gasteiger charge is 2.27. The highest BCUT2D eigenvalue weighted by atomic mass is 16.2. The van der Waals surface area contributed by atoms with Gasteiger partial charge >= 0.3 is 0 Å². The molecule has 0 N–H and O–H groups in total. The van der Waals surface area contributed by atoms with Gasteiger partial charge in [0.05, 0.1) is 5.69 Å². The van der Waals surface area contributed by atoms with Crippen LogP contribution in [-0.2, 0) is 11.3 Å². The highest BCUT2D eigenvalue weighted by molar-refractivity contribution is 5.78. The highest BCUT2D eigenvalue weighted by Crippen LogP contribution is 2.38. The van der Waals surface area contributed by atoms with Gasteiger partial charge in [0, 0.05) is 44.6 Å². The minimum Gasteiger partial charge on any atom is -0.341 e. The van der Waals surface area contributed by atoms with Crippen molar-refractivity contribution in [2.75, 3.05) is 32.7 Å². The van der Waals surface area contributed by atoms with Gasteiger partial charge in [-0.2, -0.15) is 5.10 Å². The van der Waals surface area contributed by atoms with E-state index in [1.54, 1.807) is 10.7 Å². The molecule has 136 valence electrons. The third-order valence-electron chi connectivity index (χ3n) is 5.88. The van der Waals surface area contributed by atoms with E-state index in [0.29, 0.717) is 17.7 Å². The van der Waals surface area contributed by atoms with E-state index in [1.807, 2.05) is 11.0 Å². The minimum absolute atomic E-state index is 0.0272. The number of hydrogen-bond donors (Lipinski definition) is 0. The van der Waals surface area contributed by atoms with Crippen molar-refractivity contribution >= 4 is 5.91 Å². The molecule has 0 unspecified atom stereocenters. The van der Waals surface area contributed by atoms with Crippen molar-refractivity contribution in [3.05, 3.63) is 28.2 Å². The van der Waals surface area contributed by atoms with Crippen molar-refractivity contribution in [2.24, 2.45) is 5.92 Å².